The third kappa shape index (κ3) is 4.47. The van der Waals surface area contributed by atoms with Crippen LogP contribution in [0.15, 0.2) is 24.3 Å². The average Bonchev–Trinajstić information content (AvgIpc) is 2.41. The number of nitrogens with zero attached hydrogens (tertiary/aromatic N) is 2. The lowest BCUT2D eigenvalue weighted by Gasteiger charge is -2.30. The van der Waals surface area contributed by atoms with Crippen LogP contribution in [0.2, 0.25) is 5.02 Å². The molecule has 1 heterocycles. The van der Waals surface area contributed by atoms with Crippen molar-refractivity contribution in [3.63, 3.8) is 0 Å². The zero-order valence-electron chi connectivity index (χ0n) is 11.9. The molecular formula is C15H22ClN3O. The van der Waals surface area contributed by atoms with E-state index in [9.17, 15) is 4.79 Å². The summed E-state index contributed by atoms with van der Waals surface area (Å²) in [5.41, 5.74) is 6.92. The van der Waals surface area contributed by atoms with E-state index < -0.39 is 0 Å². The van der Waals surface area contributed by atoms with Crippen molar-refractivity contribution in [3.8, 4) is 0 Å². The van der Waals surface area contributed by atoms with Gasteiger partial charge < -0.3 is 10.6 Å². The van der Waals surface area contributed by atoms with Gasteiger partial charge >= 0.3 is 0 Å². The lowest BCUT2D eigenvalue weighted by Crippen LogP contribution is -2.44. The van der Waals surface area contributed by atoms with Crippen LogP contribution >= 0.6 is 11.6 Å². The molecule has 0 aromatic heterocycles. The Kier molecular flexibility index (Phi) is 5.40. The highest BCUT2D eigenvalue weighted by molar-refractivity contribution is 6.30. The number of piperidine rings is 1. The Labute approximate surface area is 125 Å². The van der Waals surface area contributed by atoms with Crippen LogP contribution in [0.25, 0.3) is 0 Å². The first-order chi connectivity index (χ1) is 9.54. The molecule has 1 amide bonds. The van der Waals surface area contributed by atoms with Gasteiger partial charge in [-0.05, 0) is 30.5 Å². The van der Waals surface area contributed by atoms with E-state index in [0.717, 1.165) is 31.5 Å². The molecule has 0 spiro atoms. The molecule has 0 radical (unpaired) electrons. The summed E-state index contributed by atoms with van der Waals surface area (Å²) in [4.78, 5) is 16.1. The van der Waals surface area contributed by atoms with Gasteiger partial charge in [0.1, 0.15) is 0 Å². The van der Waals surface area contributed by atoms with Gasteiger partial charge in [-0.2, -0.15) is 0 Å². The largest absolute Gasteiger partial charge is 0.340 e. The summed E-state index contributed by atoms with van der Waals surface area (Å²) in [6.07, 6.45) is 1.95. The van der Waals surface area contributed by atoms with E-state index in [0.29, 0.717) is 24.2 Å². The number of likely N-dealkylation sites (tertiary alicyclic amines) is 1. The van der Waals surface area contributed by atoms with Crippen LogP contribution < -0.4 is 5.73 Å². The molecule has 0 atom stereocenters. The second-order valence-electron chi connectivity index (χ2n) is 5.49. The van der Waals surface area contributed by atoms with Crippen molar-refractivity contribution in [2.75, 3.05) is 26.7 Å². The smallest absolute Gasteiger partial charge is 0.236 e. The Bertz CT molecular complexity index is 458. The summed E-state index contributed by atoms with van der Waals surface area (Å²) in [6.45, 7) is 2.90. The summed E-state index contributed by atoms with van der Waals surface area (Å²) in [7, 11) is 1.83. The van der Waals surface area contributed by atoms with E-state index in [2.05, 4.69) is 4.90 Å². The Morgan fingerprint density at radius 2 is 2.15 bits per heavy atom. The molecule has 1 aliphatic rings. The van der Waals surface area contributed by atoms with E-state index >= 15 is 0 Å². The number of amides is 1. The minimum absolute atomic E-state index is 0.139. The molecule has 1 aromatic carbocycles. The molecule has 1 saturated heterocycles. The summed E-state index contributed by atoms with van der Waals surface area (Å²) >= 11 is 5.95. The number of halogens is 1. The Morgan fingerprint density at radius 3 is 2.80 bits per heavy atom. The molecule has 0 aliphatic carbocycles. The fraction of sp³-hybridized carbons (Fsp3) is 0.533. The van der Waals surface area contributed by atoms with Gasteiger partial charge in [-0.1, -0.05) is 23.7 Å². The molecular weight excluding hydrogens is 274 g/mol. The molecule has 1 aromatic rings. The minimum atomic E-state index is 0.139. The fourth-order valence-electron chi connectivity index (χ4n) is 2.42. The fourth-order valence-corrected chi connectivity index (χ4v) is 2.63. The number of nitrogens with two attached hydrogens (primary N) is 1. The number of hydrogen-bond donors (Lipinski definition) is 1. The maximum atomic E-state index is 12.2. The molecule has 20 heavy (non-hydrogen) atoms. The quantitative estimate of drug-likeness (QED) is 0.920. The Morgan fingerprint density at radius 1 is 1.45 bits per heavy atom. The average molecular weight is 296 g/mol. The van der Waals surface area contributed by atoms with Gasteiger partial charge in [0.25, 0.3) is 0 Å². The van der Waals surface area contributed by atoms with E-state index in [1.54, 1.807) is 4.90 Å². The van der Waals surface area contributed by atoms with Gasteiger partial charge in [0.05, 0.1) is 6.54 Å². The standard InChI is InChI=1S/C15H22ClN3O/c1-18(10-12-3-2-4-13(16)9-12)15(20)11-19-7-5-14(17)6-8-19/h2-4,9,14H,5-8,10-11,17H2,1H3. The highest BCUT2D eigenvalue weighted by Crippen LogP contribution is 2.13. The maximum Gasteiger partial charge on any atom is 0.236 e. The molecule has 0 unspecified atom stereocenters. The van der Waals surface area contributed by atoms with Crippen LogP contribution in [0.4, 0.5) is 0 Å². The predicted octanol–water partition coefficient (Wildman–Crippen LogP) is 1.72. The van der Waals surface area contributed by atoms with Crippen molar-refractivity contribution >= 4 is 17.5 Å². The first-order valence-corrected chi connectivity index (χ1v) is 7.39. The molecule has 0 saturated carbocycles. The first kappa shape index (κ1) is 15.3. The summed E-state index contributed by atoms with van der Waals surface area (Å²) in [5.74, 6) is 0.139. The van der Waals surface area contributed by atoms with Crippen molar-refractivity contribution in [3.05, 3.63) is 34.9 Å². The van der Waals surface area contributed by atoms with E-state index in [-0.39, 0.29) is 5.91 Å². The Hall–Kier alpha value is -1.10. The van der Waals surface area contributed by atoms with Gasteiger partial charge in [-0.25, -0.2) is 0 Å². The first-order valence-electron chi connectivity index (χ1n) is 7.01. The summed E-state index contributed by atoms with van der Waals surface area (Å²) in [5, 5.41) is 0.702. The highest BCUT2D eigenvalue weighted by Gasteiger charge is 2.19. The lowest BCUT2D eigenvalue weighted by molar-refractivity contribution is -0.131. The number of rotatable bonds is 4. The third-order valence-corrected chi connectivity index (χ3v) is 3.96. The number of likely N-dealkylation sites (N-methyl/N-ethyl adjacent to an activating group) is 1. The molecule has 2 rings (SSSR count). The van der Waals surface area contributed by atoms with Crippen LogP contribution in [0.3, 0.4) is 0 Å². The predicted molar refractivity (Wildman–Crippen MR) is 81.6 cm³/mol. The van der Waals surface area contributed by atoms with E-state index in [4.69, 9.17) is 17.3 Å². The molecule has 110 valence electrons. The zero-order chi connectivity index (χ0) is 14.5. The zero-order valence-corrected chi connectivity index (χ0v) is 12.6. The molecule has 2 N–H and O–H groups in total. The van der Waals surface area contributed by atoms with Crippen LogP contribution in [-0.2, 0) is 11.3 Å². The van der Waals surface area contributed by atoms with Gasteiger partial charge in [0.2, 0.25) is 5.91 Å². The molecule has 4 nitrogen and oxygen atoms in total. The normalized spacial score (nSPS) is 17.1. The minimum Gasteiger partial charge on any atom is -0.340 e. The Balaban J connectivity index is 1.83. The van der Waals surface area contributed by atoms with Crippen LogP contribution in [0.5, 0.6) is 0 Å². The van der Waals surface area contributed by atoms with E-state index in [1.807, 2.05) is 31.3 Å². The molecule has 1 aliphatic heterocycles. The molecule has 1 fully saturated rings. The van der Waals surface area contributed by atoms with Gasteiger partial charge in [0, 0.05) is 37.7 Å². The number of hydrogen-bond acceptors (Lipinski definition) is 3. The third-order valence-electron chi connectivity index (χ3n) is 3.73. The molecule has 5 heteroatoms. The van der Waals surface area contributed by atoms with Gasteiger partial charge in [0.15, 0.2) is 0 Å². The van der Waals surface area contributed by atoms with Crippen molar-refractivity contribution in [1.29, 1.82) is 0 Å². The number of carbonyl (C=O) groups is 1. The van der Waals surface area contributed by atoms with Crippen LogP contribution in [0.1, 0.15) is 18.4 Å². The van der Waals surface area contributed by atoms with Crippen LogP contribution in [-0.4, -0.2) is 48.4 Å². The SMILES string of the molecule is CN(Cc1cccc(Cl)c1)C(=O)CN1CCC(N)CC1. The van der Waals surface area contributed by atoms with Crippen molar-refractivity contribution in [2.24, 2.45) is 5.73 Å². The van der Waals surface area contributed by atoms with Crippen molar-refractivity contribution < 1.29 is 4.79 Å². The van der Waals surface area contributed by atoms with Crippen LogP contribution in [0, 0.1) is 0 Å². The van der Waals surface area contributed by atoms with Gasteiger partial charge in [-0.15, -0.1) is 0 Å². The second-order valence-corrected chi connectivity index (χ2v) is 5.93. The number of carbonyl (C=O) groups excluding carboxylic acids is 1. The summed E-state index contributed by atoms with van der Waals surface area (Å²) < 4.78 is 0. The van der Waals surface area contributed by atoms with E-state index in [1.165, 1.54) is 0 Å². The highest BCUT2D eigenvalue weighted by atomic mass is 35.5. The van der Waals surface area contributed by atoms with Crippen molar-refractivity contribution in [1.82, 2.24) is 9.80 Å². The monoisotopic (exact) mass is 295 g/mol. The van der Waals surface area contributed by atoms with Crippen molar-refractivity contribution in [2.45, 2.75) is 25.4 Å². The summed E-state index contributed by atoms with van der Waals surface area (Å²) in [6, 6.07) is 7.91. The maximum absolute atomic E-state index is 12.2. The number of benzene rings is 1. The lowest BCUT2D eigenvalue weighted by atomic mass is 10.1. The second kappa shape index (κ2) is 7.07. The van der Waals surface area contributed by atoms with Gasteiger partial charge in [-0.3, -0.25) is 9.69 Å². The molecule has 0 bridgehead atoms. The topological polar surface area (TPSA) is 49.6 Å².